The lowest BCUT2D eigenvalue weighted by molar-refractivity contribution is -0.137. The standard InChI is InChI=1S/C28H30F3N3O6S2/c1-27(2,42(38,39)21-6-4-5-20(16-21)28(29,30)31)19-11-13-34(14-12-19)26(35)22-10-9-18(15-23(22)41(3,36)37)25-33-32-24(40-25)17-7-8-17/h4-6,9-10,15-17,19H,7-8,11-14H2,1-3H3. The molecule has 14 heteroatoms. The monoisotopic (exact) mass is 625 g/mol. The summed E-state index contributed by atoms with van der Waals surface area (Å²) in [5, 5.41) is 8.03. The van der Waals surface area contributed by atoms with Crippen molar-refractivity contribution in [1.29, 1.82) is 0 Å². The summed E-state index contributed by atoms with van der Waals surface area (Å²) < 4.78 is 96.3. The summed E-state index contributed by atoms with van der Waals surface area (Å²) in [5.74, 6) is -0.119. The highest BCUT2D eigenvalue weighted by Gasteiger charge is 2.45. The van der Waals surface area contributed by atoms with E-state index in [2.05, 4.69) is 10.2 Å². The van der Waals surface area contributed by atoms with Crippen molar-refractivity contribution in [3.63, 3.8) is 0 Å². The molecule has 5 rings (SSSR count). The molecule has 1 saturated heterocycles. The van der Waals surface area contributed by atoms with Gasteiger partial charge in [0.2, 0.25) is 11.8 Å². The van der Waals surface area contributed by atoms with Crippen molar-refractivity contribution in [3.05, 3.63) is 59.5 Å². The smallest absolute Gasteiger partial charge is 0.416 e. The minimum absolute atomic E-state index is 0.0301. The number of carbonyl (C=O) groups is 1. The van der Waals surface area contributed by atoms with Gasteiger partial charge in [-0.1, -0.05) is 6.07 Å². The van der Waals surface area contributed by atoms with Crippen molar-refractivity contribution >= 4 is 25.6 Å². The molecule has 1 aliphatic carbocycles. The fraction of sp³-hybridized carbons (Fsp3) is 0.464. The third kappa shape index (κ3) is 5.70. The molecule has 0 N–H and O–H groups in total. The number of amides is 1. The summed E-state index contributed by atoms with van der Waals surface area (Å²) in [6.07, 6.45) is -1.26. The molecule has 1 aliphatic heterocycles. The summed E-state index contributed by atoms with van der Waals surface area (Å²) in [6, 6.07) is 7.98. The first-order chi connectivity index (χ1) is 19.5. The van der Waals surface area contributed by atoms with Crippen LogP contribution in [0.25, 0.3) is 11.5 Å². The third-order valence-electron chi connectivity index (χ3n) is 8.16. The van der Waals surface area contributed by atoms with E-state index in [9.17, 15) is 34.8 Å². The number of alkyl halides is 3. The molecule has 1 amide bonds. The normalized spacial score (nSPS) is 17.4. The Morgan fingerprint density at radius 1 is 0.952 bits per heavy atom. The van der Waals surface area contributed by atoms with Gasteiger partial charge in [0.25, 0.3) is 5.91 Å². The molecule has 226 valence electrons. The Bertz CT molecular complexity index is 1740. The zero-order valence-electron chi connectivity index (χ0n) is 23.2. The van der Waals surface area contributed by atoms with E-state index < -0.39 is 52.9 Å². The molecular formula is C28H30F3N3O6S2. The van der Waals surface area contributed by atoms with Crippen molar-refractivity contribution < 1.29 is 39.2 Å². The number of hydrogen-bond donors (Lipinski definition) is 0. The number of piperidine rings is 1. The Morgan fingerprint density at radius 3 is 2.21 bits per heavy atom. The Kier molecular flexibility index (Phi) is 7.53. The maximum Gasteiger partial charge on any atom is 0.416 e. The predicted octanol–water partition coefficient (Wildman–Crippen LogP) is 5.14. The lowest BCUT2D eigenvalue weighted by Crippen LogP contribution is -2.47. The van der Waals surface area contributed by atoms with E-state index in [1.165, 1.54) is 30.9 Å². The minimum Gasteiger partial charge on any atom is -0.420 e. The van der Waals surface area contributed by atoms with Crippen molar-refractivity contribution in [2.45, 2.75) is 66.2 Å². The maximum absolute atomic E-state index is 13.5. The zero-order chi connectivity index (χ0) is 30.7. The molecule has 2 heterocycles. The van der Waals surface area contributed by atoms with Gasteiger partial charge in [0.05, 0.1) is 25.7 Å². The van der Waals surface area contributed by atoms with Crippen LogP contribution in [0.5, 0.6) is 0 Å². The molecule has 9 nitrogen and oxygen atoms in total. The van der Waals surface area contributed by atoms with Crippen LogP contribution in [0.3, 0.4) is 0 Å². The van der Waals surface area contributed by atoms with Gasteiger partial charge in [-0.25, -0.2) is 16.8 Å². The summed E-state index contributed by atoms with van der Waals surface area (Å²) in [5.41, 5.74) is -0.709. The molecule has 1 saturated carbocycles. The van der Waals surface area contributed by atoms with E-state index in [4.69, 9.17) is 4.42 Å². The second kappa shape index (κ2) is 10.5. The predicted molar refractivity (Wildman–Crippen MR) is 146 cm³/mol. The van der Waals surface area contributed by atoms with E-state index in [0.29, 0.717) is 17.5 Å². The molecule has 3 aromatic rings. The van der Waals surface area contributed by atoms with Crippen molar-refractivity contribution in [2.24, 2.45) is 5.92 Å². The third-order valence-corrected chi connectivity index (χ3v) is 11.9. The van der Waals surface area contributed by atoms with Crippen molar-refractivity contribution in [2.75, 3.05) is 19.3 Å². The number of nitrogens with zero attached hydrogens (tertiary/aromatic N) is 3. The molecule has 0 spiro atoms. The van der Waals surface area contributed by atoms with Crippen molar-refractivity contribution in [3.8, 4) is 11.5 Å². The molecule has 0 bridgehead atoms. The van der Waals surface area contributed by atoms with Crippen LogP contribution in [-0.4, -0.2) is 61.9 Å². The molecular weight excluding hydrogens is 595 g/mol. The van der Waals surface area contributed by atoms with Gasteiger partial charge in [-0.3, -0.25) is 4.79 Å². The Hall–Kier alpha value is -3.26. The molecule has 0 atom stereocenters. The number of aromatic nitrogens is 2. The lowest BCUT2D eigenvalue weighted by Gasteiger charge is -2.40. The number of likely N-dealkylation sites (tertiary alicyclic amines) is 1. The molecule has 0 radical (unpaired) electrons. The maximum atomic E-state index is 13.5. The van der Waals surface area contributed by atoms with E-state index in [1.54, 1.807) is 6.07 Å². The van der Waals surface area contributed by atoms with Crippen LogP contribution in [0, 0.1) is 5.92 Å². The van der Waals surface area contributed by atoms with E-state index in [-0.39, 0.29) is 48.2 Å². The first-order valence-electron chi connectivity index (χ1n) is 13.4. The molecule has 0 unspecified atom stereocenters. The van der Waals surface area contributed by atoms with E-state index in [0.717, 1.165) is 37.3 Å². The van der Waals surface area contributed by atoms with Crippen LogP contribution in [0.2, 0.25) is 0 Å². The van der Waals surface area contributed by atoms with Crippen LogP contribution in [0.4, 0.5) is 13.2 Å². The average Bonchev–Trinajstić information content (AvgIpc) is 3.67. The quantitative estimate of drug-likeness (QED) is 0.353. The van der Waals surface area contributed by atoms with Crippen LogP contribution in [0.1, 0.15) is 67.3 Å². The van der Waals surface area contributed by atoms with Gasteiger partial charge in [-0.2, -0.15) is 13.2 Å². The van der Waals surface area contributed by atoms with Gasteiger partial charge in [-0.15, -0.1) is 10.2 Å². The van der Waals surface area contributed by atoms with Gasteiger partial charge in [0, 0.05) is 30.8 Å². The highest BCUT2D eigenvalue weighted by atomic mass is 32.2. The van der Waals surface area contributed by atoms with Gasteiger partial charge >= 0.3 is 6.18 Å². The topological polar surface area (TPSA) is 128 Å². The fourth-order valence-corrected chi connectivity index (χ4v) is 8.01. The Morgan fingerprint density at radius 2 is 1.62 bits per heavy atom. The number of benzene rings is 2. The van der Waals surface area contributed by atoms with Gasteiger partial charge in [0.15, 0.2) is 19.7 Å². The number of rotatable bonds is 7. The molecule has 2 aromatic carbocycles. The average molecular weight is 626 g/mol. The zero-order valence-corrected chi connectivity index (χ0v) is 24.8. The summed E-state index contributed by atoms with van der Waals surface area (Å²) in [6.45, 7) is 3.25. The van der Waals surface area contributed by atoms with Crippen LogP contribution in [-0.2, 0) is 25.9 Å². The molecule has 42 heavy (non-hydrogen) atoms. The van der Waals surface area contributed by atoms with Gasteiger partial charge < -0.3 is 9.32 Å². The second-order valence-corrected chi connectivity index (χ2v) is 15.9. The van der Waals surface area contributed by atoms with Gasteiger partial charge in [0.1, 0.15) is 0 Å². The minimum atomic E-state index is -4.69. The van der Waals surface area contributed by atoms with Crippen LogP contribution < -0.4 is 0 Å². The highest BCUT2D eigenvalue weighted by molar-refractivity contribution is 7.92. The highest BCUT2D eigenvalue weighted by Crippen LogP contribution is 2.41. The van der Waals surface area contributed by atoms with Gasteiger partial charge in [-0.05, 0) is 81.8 Å². The number of hydrogen-bond acceptors (Lipinski definition) is 8. The Balaban J connectivity index is 1.34. The van der Waals surface area contributed by atoms with Crippen molar-refractivity contribution in [1.82, 2.24) is 15.1 Å². The first kappa shape index (κ1) is 30.2. The molecule has 2 aliphatic rings. The SMILES string of the molecule is CC(C)(C1CCN(C(=O)c2ccc(-c3nnc(C4CC4)o3)cc2S(C)(=O)=O)CC1)S(=O)(=O)c1cccc(C(F)(F)F)c1. The lowest BCUT2D eigenvalue weighted by atomic mass is 9.85. The number of carbonyl (C=O) groups excluding carboxylic acids is 1. The summed E-state index contributed by atoms with van der Waals surface area (Å²) in [7, 11) is -8.01. The van der Waals surface area contributed by atoms with E-state index >= 15 is 0 Å². The number of halogens is 3. The van der Waals surface area contributed by atoms with Crippen LogP contribution >= 0.6 is 0 Å². The molecule has 1 aromatic heterocycles. The Labute approximate surface area is 242 Å². The first-order valence-corrected chi connectivity index (χ1v) is 16.8. The number of sulfone groups is 2. The summed E-state index contributed by atoms with van der Waals surface area (Å²) >= 11 is 0. The fourth-order valence-electron chi connectivity index (χ4n) is 5.30. The summed E-state index contributed by atoms with van der Waals surface area (Å²) in [4.78, 5) is 14.4. The van der Waals surface area contributed by atoms with Crippen LogP contribution in [0.15, 0.2) is 56.7 Å². The largest absolute Gasteiger partial charge is 0.420 e. The van der Waals surface area contributed by atoms with E-state index in [1.807, 2.05) is 0 Å². The second-order valence-electron chi connectivity index (χ2n) is 11.4. The molecule has 2 fully saturated rings.